The highest BCUT2D eigenvalue weighted by molar-refractivity contribution is 5.95. The van der Waals surface area contributed by atoms with Gasteiger partial charge < -0.3 is 9.42 Å². The molecule has 0 bridgehead atoms. The minimum Gasteiger partial charge on any atom is -0.361 e. The van der Waals surface area contributed by atoms with Gasteiger partial charge in [0.15, 0.2) is 0 Å². The average molecular weight is 270 g/mol. The number of hydrogen-bond acceptors (Lipinski definition) is 3. The van der Waals surface area contributed by atoms with E-state index in [0.29, 0.717) is 18.0 Å². The molecule has 0 fully saturated rings. The highest BCUT2D eigenvalue weighted by Crippen LogP contribution is 2.29. The van der Waals surface area contributed by atoms with Gasteiger partial charge in [0.1, 0.15) is 5.76 Å². The lowest BCUT2D eigenvalue weighted by molar-refractivity contribution is -0.118. The Bertz CT molecular complexity index is 633. The van der Waals surface area contributed by atoms with Crippen LogP contribution in [0.5, 0.6) is 0 Å². The molecular weight excluding hydrogens is 252 g/mol. The fourth-order valence-corrected chi connectivity index (χ4v) is 2.78. The predicted molar refractivity (Wildman–Crippen MR) is 76.6 cm³/mol. The van der Waals surface area contributed by atoms with Crippen molar-refractivity contribution in [2.24, 2.45) is 5.92 Å². The summed E-state index contributed by atoms with van der Waals surface area (Å²) in [4.78, 5) is 14.4. The number of anilines is 1. The van der Waals surface area contributed by atoms with Crippen LogP contribution in [0.4, 0.5) is 5.69 Å². The summed E-state index contributed by atoms with van der Waals surface area (Å²) in [5.41, 5.74) is 2.98. The van der Waals surface area contributed by atoms with Crippen LogP contribution in [0, 0.1) is 12.8 Å². The summed E-state index contributed by atoms with van der Waals surface area (Å²) in [6.45, 7) is 4.78. The van der Waals surface area contributed by atoms with Crippen LogP contribution in [0.15, 0.2) is 34.9 Å². The van der Waals surface area contributed by atoms with E-state index in [1.807, 2.05) is 36.1 Å². The zero-order valence-electron chi connectivity index (χ0n) is 11.8. The van der Waals surface area contributed by atoms with Crippen molar-refractivity contribution in [3.63, 3.8) is 0 Å². The van der Waals surface area contributed by atoms with Crippen molar-refractivity contribution in [2.45, 2.75) is 26.7 Å². The minimum absolute atomic E-state index is 0.0808. The Hall–Kier alpha value is -2.10. The highest BCUT2D eigenvalue weighted by Gasteiger charge is 2.26. The number of para-hydroxylation sites is 1. The standard InChI is InChI=1S/C16H18N2O2/c1-11-7-13-5-3-4-6-15(13)18(10-11)16(19)9-14-8-12(2)20-17-14/h3-6,8,11H,7,9-10H2,1-2H3. The second kappa shape index (κ2) is 5.12. The normalized spacial score (nSPS) is 17.9. The molecule has 1 amide bonds. The first kappa shape index (κ1) is 12.9. The molecule has 0 saturated heterocycles. The third-order valence-electron chi connectivity index (χ3n) is 3.66. The highest BCUT2D eigenvalue weighted by atomic mass is 16.5. The number of aryl methyl sites for hydroxylation is 1. The molecular formula is C16H18N2O2. The topological polar surface area (TPSA) is 46.3 Å². The molecule has 1 unspecified atom stereocenters. The Morgan fingerprint density at radius 3 is 3.00 bits per heavy atom. The van der Waals surface area contributed by atoms with Gasteiger partial charge in [-0.1, -0.05) is 30.3 Å². The van der Waals surface area contributed by atoms with Crippen LogP contribution in [0.2, 0.25) is 0 Å². The number of carbonyl (C=O) groups excluding carboxylic acids is 1. The molecule has 1 atom stereocenters. The van der Waals surface area contributed by atoms with Crippen LogP contribution >= 0.6 is 0 Å². The third kappa shape index (κ3) is 2.46. The van der Waals surface area contributed by atoms with E-state index in [0.717, 1.165) is 24.4 Å². The van der Waals surface area contributed by atoms with Gasteiger partial charge in [-0.2, -0.15) is 0 Å². The molecule has 1 aliphatic heterocycles. The van der Waals surface area contributed by atoms with Crippen LogP contribution in [0.1, 0.15) is 23.9 Å². The quantitative estimate of drug-likeness (QED) is 0.843. The zero-order valence-corrected chi connectivity index (χ0v) is 11.8. The molecule has 104 valence electrons. The minimum atomic E-state index is 0.0808. The molecule has 3 rings (SSSR count). The summed E-state index contributed by atoms with van der Waals surface area (Å²) in [6.07, 6.45) is 1.32. The van der Waals surface area contributed by atoms with Gasteiger partial charge in [0.25, 0.3) is 0 Å². The molecule has 4 nitrogen and oxygen atoms in total. The van der Waals surface area contributed by atoms with Gasteiger partial charge in [0.05, 0.1) is 12.1 Å². The largest absolute Gasteiger partial charge is 0.361 e. The summed E-state index contributed by atoms with van der Waals surface area (Å²) in [6, 6.07) is 9.95. The van der Waals surface area contributed by atoms with Gasteiger partial charge in [-0.3, -0.25) is 4.79 Å². The Labute approximate surface area is 118 Å². The van der Waals surface area contributed by atoms with E-state index in [1.165, 1.54) is 5.56 Å². The summed E-state index contributed by atoms with van der Waals surface area (Å²) < 4.78 is 5.02. The van der Waals surface area contributed by atoms with Crippen LogP contribution in [0.3, 0.4) is 0 Å². The summed E-state index contributed by atoms with van der Waals surface area (Å²) in [7, 11) is 0. The number of carbonyl (C=O) groups is 1. The monoisotopic (exact) mass is 270 g/mol. The van der Waals surface area contributed by atoms with Crippen molar-refractivity contribution in [1.29, 1.82) is 0 Å². The van der Waals surface area contributed by atoms with E-state index in [9.17, 15) is 4.79 Å². The van der Waals surface area contributed by atoms with Crippen LogP contribution < -0.4 is 4.90 Å². The number of rotatable bonds is 2. The van der Waals surface area contributed by atoms with Crippen molar-refractivity contribution in [2.75, 3.05) is 11.4 Å². The van der Waals surface area contributed by atoms with E-state index in [4.69, 9.17) is 4.52 Å². The number of fused-ring (bicyclic) bond motifs is 1. The van der Waals surface area contributed by atoms with Crippen molar-refractivity contribution in [3.8, 4) is 0 Å². The fourth-order valence-electron chi connectivity index (χ4n) is 2.78. The van der Waals surface area contributed by atoms with Gasteiger partial charge in [-0.25, -0.2) is 0 Å². The summed E-state index contributed by atoms with van der Waals surface area (Å²) in [5, 5.41) is 3.90. The lowest BCUT2D eigenvalue weighted by Crippen LogP contribution is -2.40. The summed E-state index contributed by atoms with van der Waals surface area (Å²) in [5.74, 6) is 1.30. The number of benzene rings is 1. The van der Waals surface area contributed by atoms with Crippen molar-refractivity contribution in [3.05, 3.63) is 47.3 Å². The Morgan fingerprint density at radius 1 is 1.45 bits per heavy atom. The first-order valence-electron chi connectivity index (χ1n) is 6.94. The van der Waals surface area contributed by atoms with Crippen LogP contribution in [0.25, 0.3) is 0 Å². The molecule has 2 aromatic rings. The van der Waals surface area contributed by atoms with E-state index >= 15 is 0 Å². The first-order valence-corrected chi connectivity index (χ1v) is 6.94. The molecule has 0 spiro atoms. The van der Waals surface area contributed by atoms with Crippen LogP contribution in [-0.2, 0) is 17.6 Å². The number of nitrogens with zero attached hydrogens (tertiary/aromatic N) is 2. The lowest BCUT2D eigenvalue weighted by atomic mass is 9.93. The fraction of sp³-hybridized carbons (Fsp3) is 0.375. The molecule has 1 aromatic heterocycles. The van der Waals surface area contributed by atoms with Crippen molar-refractivity contribution in [1.82, 2.24) is 5.16 Å². The molecule has 2 heterocycles. The number of amides is 1. The maximum Gasteiger partial charge on any atom is 0.233 e. The second-order valence-electron chi connectivity index (χ2n) is 5.55. The van der Waals surface area contributed by atoms with E-state index < -0.39 is 0 Å². The van der Waals surface area contributed by atoms with Crippen molar-refractivity contribution >= 4 is 11.6 Å². The summed E-state index contributed by atoms with van der Waals surface area (Å²) >= 11 is 0. The smallest absolute Gasteiger partial charge is 0.233 e. The van der Waals surface area contributed by atoms with E-state index in [1.54, 1.807) is 0 Å². The molecule has 20 heavy (non-hydrogen) atoms. The van der Waals surface area contributed by atoms with Crippen molar-refractivity contribution < 1.29 is 9.32 Å². The maximum atomic E-state index is 12.5. The SMILES string of the molecule is Cc1cc(CC(=O)N2CC(C)Cc3ccccc32)no1. The van der Waals surface area contributed by atoms with Gasteiger partial charge in [-0.15, -0.1) is 0 Å². The third-order valence-corrected chi connectivity index (χ3v) is 3.66. The average Bonchev–Trinajstić information content (AvgIpc) is 2.83. The van der Waals surface area contributed by atoms with E-state index in [2.05, 4.69) is 18.1 Å². The van der Waals surface area contributed by atoms with Gasteiger partial charge in [0.2, 0.25) is 5.91 Å². The Morgan fingerprint density at radius 2 is 2.25 bits per heavy atom. The van der Waals surface area contributed by atoms with Crippen LogP contribution in [-0.4, -0.2) is 17.6 Å². The Balaban J connectivity index is 1.84. The molecule has 1 aromatic carbocycles. The second-order valence-corrected chi connectivity index (χ2v) is 5.55. The molecule has 0 saturated carbocycles. The lowest BCUT2D eigenvalue weighted by Gasteiger charge is -2.33. The molecule has 1 aliphatic rings. The maximum absolute atomic E-state index is 12.5. The van der Waals surface area contributed by atoms with E-state index in [-0.39, 0.29) is 5.91 Å². The molecule has 0 aliphatic carbocycles. The Kier molecular flexibility index (Phi) is 3.30. The predicted octanol–water partition coefficient (Wildman–Crippen LogP) is 2.75. The molecule has 0 radical (unpaired) electrons. The van der Waals surface area contributed by atoms with Gasteiger partial charge in [0, 0.05) is 18.3 Å². The van der Waals surface area contributed by atoms with Gasteiger partial charge >= 0.3 is 0 Å². The number of aromatic nitrogens is 1. The molecule has 0 N–H and O–H groups in total. The first-order chi connectivity index (χ1) is 9.63. The van der Waals surface area contributed by atoms with Gasteiger partial charge in [-0.05, 0) is 30.9 Å². The number of hydrogen-bond donors (Lipinski definition) is 0. The molecule has 4 heteroatoms. The zero-order chi connectivity index (χ0) is 14.1.